The average Bonchev–Trinajstić information content (AvgIpc) is 2.87. The highest BCUT2D eigenvalue weighted by Gasteiger charge is 2.30. The molecule has 1 N–H and O–H groups in total. The van der Waals surface area contributed by atoms with Crippen LogP contribution in [0.25, 0.3) is 0 Å². The van der Waals surface area contributed by atoms with E-state index in [0.717, 1.165) is 28.7 Å². The van der Waals surface area contributed by atoms with Crippen molar-refractivity contribution in [3.8, 4) is 0 Å². The fourth-order valence-corrected chi connectivity index (χ4v) is 4.92. The first-order valence-electron chi connectivity index (χ1n) is 12.4. The van der Waals surface area contributed by atoms with E-state index in [2.05, 4.69) is 11.4 Å². The summed E-state index contributed by atoms with van der Waals surface area (Å²) in [6, 6.07) is 25.1. The van der Waals surface area contributed by atoms with Gasteiger partial charge in [-0.15, -0.1) is 11.8 Å². The van der Waals surface area contributed by atoms with Crippen LogP contribution in [0.4, 0.5) is 0 Å². The van der Waals surface area contributed by atoms with E-state index in [-0.39, 0.29) is 23.6 Å². The molecule has 3 rings (SSSR count). The average molecular weight is 523 g/mol. The quantitative estimate of drug-likeness (QED) is 0.298. The second-order valence-electron chi connectivity index (χ2n) is 9.15. The first-order chi connectivity index (χ1) is 17.4. The molecule has 0 radical (unpaired) electrons. The fourth-order valence-electron chi connectivity index (χ4n) is 3.92. The summed E-state index contributed by atoms with van der Waals surface area (Å²) in [5.74, 6) is 0.826. The van der Waals surface area contributed by atoms with Crippen molar-refractivity contribution in [2.75, 3.05) is 5.75 Å². The Morgan fingerprint density at radius 2 is 1.64 bits per heavy atom. The lowest BCUT2D eigenvalue weighted by Crippen LogP contribution is -2.52. The van der Waals surface area contributed by atoms with Gasteiger partial charge in [-0.25, -0.2) is 0 Å². The molecule has 0 saturated carbocycles. The molecule has 0 fully saturated rings. The lowest BCUT2D eigenvalue weighted by atomic mass is 10.0. The van der Waals surface area contributed by atoms with E-state index < -0.39 is 6.04 Å². The van der Waals surface area contributed by atoms with Gasteiger partial charge in [0.05, 0.1) is 5.75 Å². The van der Waals surface area contributed by atoms with Crippen molar-refractivity contribution in [1.29, 1.82) is 0 Å². The number of carbonyl (C=O) groups is 2. The lowest BCUT2D eigenvalue weighted by molar-refractivity contribution is -0.139. The summed E-state index contributed by atoms with van der Waals surface area (Å²) in [5, 5.41) is 3.81. The number of hydrogen-bond donors (Lipinski definition) is 1. The molecule has 4 nitrogen and oxygen atoms in total. The van der Waals surface area contributed by atoms with E-state index in [4.69, 9.17) is 11.6 Å². The number of hydrogen-bond acceptors (Lipinski definition) is 3. The monoisotopic (exact) mass is 522 g/mol. The van der Waals surface area contributed by atoms with Gasteiger partial charge in [-0.3, -0.25) is 9.59 Å². The van der Waals surface area contributed by atoms with Gasteiger partial charge in [-0.1, -0.05) is 90.8 Å². The molecule has 0 heterocycles. The Morgan fingerprint density at radius 3 is 2.31 bits per heavy atom. The van der Waals surface area contributed by atoms with E-state index in [1.54, 1.807) is 16.7 Å². The Morgan fingerprint density at radius 1 is 0.944 bits per heavy atom. The van der Waals surface area contributed by atoms with Crippen LogP contribution in [0.1, 0.15) is 42.5 Å². The first-order valence-corrected chi connectivity index (χ1v) is 13.9. The van der Waals surface area contributed by atoms with Crippen molar-refractivity contribution in [1.82, 2.24) is 10.2 Å². The highest BCUT2D eigenvalue weighted by atomic mass is 35.5. The molecule has 0 bridgehead atoms. The summed E-state index contributed by atoms with van der Waals surface area (Å²) in [6.45, 7) is 6.45. The molecular weight excluding hydrogens is 488 g/mol. The summed E-state index contributed by atoms with van der Waals surface area (Å²) < 4.78 is 0. The minimum atomic E-state index is -0.606. The number of thioether (sulfide) groups is 1. The topological polar surface area (TPSA) is 49.4 Å². The van der Waals surface area contributed by atoms with Crippen LogP contribution in [0.2, 0.25) is 5.02 Å². The second-order valence-corrected chi connectivity index (χ2v) is 10.6. The Bertz CT molecular complexity index is 1120. The predicted molar refractivity (Wildman–Crippen MR) is 151 cm³/mol. The Hall–Kier alpha value is -2.76. The number of carbonyl (C=O) groups excluding carboxylic acids is 2. The highest BCUT2D eigenvalue weighted by Crippen LogP contribution is 2.20. The third-order valence-corrected chi connectivity index (χ3v) is 7.36. The second kappa shape index (κ2) is 14.1. The van der Waals surface area contributed by atoms with Crippen LogP contribution in [0.15, 0.2) is 78.9 Å². The van der Waals surface area contributed by atoms with Gasteiger partial charge in [0.25, 0.3) is 0 Å². The van der Waals surface area contributed by atoms with Crippen LogP contribution in [0.3, 0.4) is 0 Å². The lowest BCUT2D eigenvalue weighted by Gasteiger charge is -2.32. The minimum Gasteiger partial charge on any atom is -0.352 e. The number of rotatable bonds is 12. The molecule has 0 spiro atoms. The van der Waals surface area contributed by atoms with E-state index in [1.807, 2.05) is 93.6 Å². The Kier molecular flexibility index (Phi) is 10.9. The van der Waals surface area contributed by atoms with Gasteiger partial charge in [-0.05, 0) is 49.1 Å². The molecule has 190 valence electrons. The van der Waals surface area contributed by atoms with Crippen LogP contribution >= 0.6 is 23.4 Å². The molecular formula is C30H35ClN2O2S. The molecule has 0 aliphatic heterocycles. The normalized spacial score (nSPS) is 12.6. The van der Waals surface area contributed by atoms with E-state index in [1.165, 1.54) is 0 Å². The van der Waals surface area contributed by atoms with Crippen LogP contribution in [0, 0.1) is 6.92 Å². The SMILES string of the molecule is CC[C@H](C)NC(=O)[C@H](Cc1ccccc1)N(Cc1cccc(C)c1)C(=O)CSCc1ccc(Cl)cc1. The standard InChI is InChI=1S/C30H35ClN2O2S/c1-4-23(3)32-30(35)28(18-24-10-6-5-7-11-24)33(19-26-12-8-9-22(2)17-26)29(34)21-36-20-25-13-15-27(31)16-14-25/h5-17,23,28H,4,18-21H2,1-3H3,(H,32,35)/t23-,28-/m0/s1. The van der Waals surface area contributed by atoms with Gasteiger partial charge in [-0.2, -0.15) is 0 Å². The molecule has 2 atom stereocenters. The van der Waals surface area contributed by atoms with Gasteiger partial charge in [0.15, 0.2) is 0 Å². The molecule has 36 heavy (non-hydrogen) atoms. The zero-order valence-corrected chi connectivity index (χ0v) is 22.8. The number of aryl methyl sites for hydroxylation is 1. The van der Waals surface area contributed by atoms with Crippen LogP contribution in [-0.4, -0.2) is 34.6 Å². The maximum absolute atomic E-state index is 13.7. The van der Waals surface area contributed by atoms with Gasteiger partial charge in [0.2, 0.25) is 11.8 Å². The summed E-state index contributed by atoms with van der Waals surface area (Å²) >= 11 is 7.55. The fraction of sp³-hybridized carbons (Fsp3) is 0.333. The van der Waals surface area contributed by atoms with Crippen molar-refractivity contribution in [3.63, 3.8) is 0 Å². The molecule has 3 aromatic rings. The molecule has 3 aromatic carbocycles. The summed E-state index contributed by atoms with van der Waals surface area (Å²) in [7, 11) is 0. The molecule has 0 aromatic heterocycles. The zero-order chi connectivity index (χ0) is 25.9. The van der Waals surface area contributed by atoms with Crippen molar-refractivity contribution in [3.05, 3.63) is 106 Å². The molecule has 0 aliphatic rings. The predicted octanol–water partition coefficient (Wildman–Crippen LogP) is 6.44. The molecule has 0 saturated heterocycles. The summed E-state index contributed by atoms with van der Waals surface area (Å²) in [4.78, 5) is 29.0. The molecule has 0 aliphatic carbocycles. The van der Waals surface area contributed by atoms with Gasteiger partial charge in [0, 0.05) is 29.8 Å². The van der Waals surface area contributed by atoms with E-state index in [9.17, 15) is 9.59 Å². The van der Waals surface area contributed by atoms with Crippen molar-refractivity contribution < 1.29 is 9.59 Å². The third-order valence-electron chi connectivity index (χ3n) is 6.12. The molecule has 6 heteroatoms. The van der Waals surface area contributed by atoms with Gasteiger partial charge < -0.3 is 10.2 Å². The minimum absolute atomic E-state index is 0.0333. The molecule has 2 amide bonds. The van der Waals surface area contributed by atoms with Crippen LogP contribution in [-0.2, 0) is 28.3 Å². The summed E-state index contributed by atoms with van der Waals surface area (Å²) in [6.07, 6.45) is 1.29. The number of benzene rings is 3. The number of amides is 2. The van der Waals surface area contributed by atoms with E-state index in [0.29, 0.717) is 23.7 Å². The number of nitrogens with zero attached hydrogens (tertiary/aromatic N) is 1. The summed E-state index contributed by atoms with van der Waals surface area (Å²) in [5.41, 5.74) is 4.27. The third kappa shape index (κ3) is 8.72. The van der Waals surface area contributed by atoms with Crippen molar-refractivity contribution in [2.24, 2.45) is 0 Å². The number of halogens is 1. The van der Waals surface area contributed by atoms with Crippen LogP contribution < -0.4 is 5.32 Å². The van der Waals surface area contributed by atoms with Crippen LogP contribution in [0.5, 0.6) is 0 Å². The maximum atomic E-state index is 13.7. The largest absolute Gasteiger partial charge is 0.352 e. The van der Waals surface area contributed by atoms with E-state index >= 15 is 0 Å². The first kappa shape index (κ1) is 27.8. The maximum Gasteiger partial charge on any atom is 0.243 e. The van der Waals surface area contributed by atoms with Crippen molar-refractivity contribution >= 4 is 35.2 Å². The smallest absolute Gasteiger partial charge is 0.243 e. The zero-order valence-electron chi connectivity index (χ0n) is 21.2. The van der Waals surface area contributed by atoms with Crippen molar-refractivity contribution in [2.45, 2.75) is 58.0 Å². The Labute approximate surface area is 224 Å². The van der Waals surface area contributed by atoms with Gasteiger partial charge >= 0.3 is 0 Å². The molecule has 0 unspecified atom stereocenters. The Balaban J connectivity index is 1.85. The van der Waals surface area contributed by atoms with Gasteiger partial charge in [0.1, 0.15) is 6.04 Å². The highest BCUT2D eigenvalue weighted by molar-refractivity contribution is 7.99. The number of nitrogens with one attached hydrogen (secondary N) is 1.